The first-order valence-corrected chi connectivity index (χ1v) is 40.5. The molecule has 0 spiro atoms. The molecule has 18 heteroatoms. The first-order chi connectivity index (χ1) is 46.2. The van der Waals surface area contributed by atoms with E-state index in [0.717, 1.165) is 141 Å². The van der Waals surface area contributed by atoms with Gasteiger partial charge in [-0.05, 0) is 109 Å². The second kappa shape index (κ2) is 70.3. The Morgan fingerprint density at radius 2 is 0.579 bits per heavy atom. The highest BCUT2D eigenvalue weighted by atomic mass is 31.2. The van der Waals surface area contributed by atoms with Gasteiger partial charge in [0.15, 0.2) is 6.10 Å². The quantitative estimate of drug-likeness (QED) is 0.0146. The number of aliphatic hydroxyl groups excluding tert-OH is 2. The molecule has 0 aromatic carbocycles. The molecule has 5 atom stereocenters. The van der Waals surface area contributed by atoms with Crippen LogP contribution in [0.4, 0.5) is 0 Å². The van der Waals surface area contributed by atoms with Crippen LogP contribution in [0, 0.1) is 0 Å². The van der Waals surface area contributed by atoms with Gasteiger partial charge < -0.3 is 34.2 Å². The van der Waals surface area contributed by atoms with E-state index >= 15 is 0 Å². The molecule has 0 aliphatic heterocycles. The van der Waals surface area contributed by atoms with Crippen molar-refractivity contribution < 1.29 is 75.8 Å². The Morgan fingerprint density at radius 1 is 0.305 bits per heavy atom. The molecular formula is C77H136O16P2. The summed E-state index contributed by atoms with van der Waals surface area (Å²) in [5, 5.41) is 20.6. The molecule has 0 saturated heterocycles. The Morgan fingerprint density at radius 3 is 0.937 bits per heavy atom. The molecule has 0 aromatic heterocycles. The number of rotatable bonds is 71. The van der Waals surface area contributed by atoms with Gasteiger partial charge in [-0.3, -0.25) is 32.5 Å². The van der Waals surface area contributed by atoms with Crippen molar-refractivity contribution in [3.8, 4) is 0 Å². The number of carbonyl (C=O) groups excluding carboxylic acids is 3. The fourth-order valence-corrected chi connectivity index (χ4v) is 11.6. The maximum atomic E-state index is 12.8. The number of ether oxygens (including phenoxy) is 3. The van der Waals surface area contributed by atoms with Gasteiger partial charge in [-0.2, -0.15) is 0 Å². The van der Waals surface area contributed by atoms with Gasteiger partial charge in [0.05, 0.1) is 26.4 Å². The highest BCUT2D eigenvalue weighted by Gasteiger charge is 2.29. The third-order valence-corrected chi connectivity index (χ3v) is 17.6. The molecule has 4 N–H and O–H groups in total. The van der Waals surface area contributed by atoms with Crippen molar-refractivity contribution in [1.29, 1.82) is 0 Å². The zero-order chi connectivity index (χ0) is 69.5. The van der Waals surface area contributed by atoms with E-state index in [1.54, 1.807) is 0 Å². The maximum Gasteiger partial charge on any atom is 0.472 e. The lowest BCUT2D eigenvalue weighted by Gasteiger charge is -2.21. The number of aliphatic hydroxyl groups is 2. The topological polar surface area (TPSA) is 231 Å². The fourth-order valence-electron chi connectivity index (χ4n) is 10.0. The number of carbonyl (C=O) groups is 3. The lowest BCUT2D eigenvalue weighted by atomic mass is 10.0. The van der Waals surface area contributed by atoms with E-state index in [-0.39, 0.29) is 19.3 Å². The minimum atomic E-state index is -4.92. The fraction of sp³-hybridized carbons (Fsp3) is 0.753. The van der Waals surface area contributed by atoms with Crippen LogP contribution in [0.3, 0.4) is 0 Å². The zero-order valence-electron chi connectivity index (χ0n) is 59.8. The molecule has 16 nitrogen and oxygen atoms in total. The summed E-state index contributed by atoms with van der Waals surface area (Å²) in [7, 11) is -9.77. The Labute approximate surface area is 578 Å². The minimum Gasteiger partial charge on any atom is -0.463 e. The third-order valence-electron chi connectivity index (χ3n) is 15.7. The van der Waals surface area contributed by atoms with Crippen molar-refractivity contribution in [2.75, 3.05) is 39.6 Å². The van der Waals surface area contributed by atoms with Gasteiger partial charge in [-0.1, -0.05) is 285 Å². The predicted molar refractivity (Wildman–Crippen MR) is 390 cm³/mol. The van der Waals surface area contributed by atoms with Gasteiger partial charge in [0.1, 0.15) is 25.4 Å². The average Bonchev–Trinajstić information content (AvgIpc) is 3.02. The van der Waals surface area contributed by atoms with Crippen molar-refractivity contribution in [3.05, 3.63) is 97.2 Å². The van der Waals surface area contributed by atoms with E-state index in [0.29, 0.717) is 19.3 Å². The molecule has 0 bridgehead atoms. The molecular weight excluding hydrogens is 1240 g/mol. The largest absolute Gasteiger partial charge is 0.472 e. The van der Waals surface area contributed by atoms with Crippen LogP contribution < -0.4 is 0 Å². The molecule has 0 radical (unpaired) electrons. The lowest BCUT2D eigenvalue weighted by Crippen LogP contribution is -2.30. The van der Waals surface area contributed by atoms with E-state index in [9.17, 15) is 43.5 Å². The number of hydrogen-bond acceptors (Lipinski definition) is 14. The Bertz CT molecular complexity index is 2120. The van der Waals surface area contributed by atoms with Crippen molar-refractivity contribution >= 4 is 33.6 Å². The van der Waals surface area contributed by atoms with Crippen LogP contribution in [0.5, 0.6) is 0 Å². The predicted octanol–water partition coefficient (Wildman–Crippen LogP) is 21.4. The molecule has 0 amide bonds. The molecule has 0 aliphatic carbocycles. The van der Waals surface area contributed by atoms with E-state index in [4.69, 9.17) is 32.3 Å². The van der Waals surface area contributed by atoms with Crippen LogP contribution in [0.2, 0.25) is 0 Å². The summed E-state index contributed by atoms with van der Waals surface area (Å²) in [6, 6.07) is 0. The first-order valence-electron chi connectivity index (χ1n) is 37.5. The highest BCUT2D eigenvalue weighted by molar-refractivity contribution is 7.47. The number of unbranched alkanes of at least 4 members (excludes halogenated alkanes) is 32. The van der Waals surface area contributed by atoms with Gasteiger partial charge in [-0.25, -0.2) is 9.13 Å². The third kappa shape index (κ3) is 71.6. The Hall–Kier alpha value is -3.53. The summed E-state index contributed by atoms with van der Waals surface area (Å²) in [5.74, 6) is -1.59. The average molecular weight is 1380 g/mol. The maximum absolute atomic E-state index is 12.8. The van der Waals surface area contributed by atoms with Crippen LogP contribution >= 0.6 is 15.6 Å². The molecule has 95 heavy (non-hydrogen) atoms. The number of esters is 3. The van der Waals surface area contributed by atoms with Crippen molar-refractivity contribution in [1.82, 2.24) is 0 Å². The van der Waals surface area contributed by atoms with Crippen LogP contribution in [0.15, 0.2) is 97.2 Å². The minimum absolute atomic E-state index is 0.0923. The summed E-state index contributed by atoms with van der Waals surface area (Å²) in [5.41, 5.74) is 0. The second-order valence-corrected chi connectivity index (χ2v) is 28.0. The van der Waals surface area contributed by atoms with Crippen LogP contribution in [0.1, 0.15) is 316 Å². The van der Waals surface area contributed by atoms with E-state index < -0.39 is 91.5 Å². The standard InChI is InChI=1S/C77H136O16P2/c1-4-7-10-13-16-19-22-24-25-26-27-28-29-30-31-32-33-34-35-36-37-38-39-40-41-42-43-44-45-47-50-51-54-57-60-63-75(80)87-66-72(78)67-89-94(83,84)90-68-73(79)69-91-95(85,86)92-71-74(93-77(82)65-62-59-56-53-48-21-18-15-12-9-6-3)70-88-76(81)64-61-58-55-52-49-46-23-20-17-14-11-8-5-2/h7,10-11,14-16,18-20,23-25,27-28,30-31,72-74,78-79H,4-6,8-9,12-13,17,21-22,26,29,32-71H2,1-3H3,(H,83,84)(H,85,86)/b10-7-,14-11-,18-15-,19-16-,23-20-,25-24-,28-27-,31-30-. The van der Waals surface area contributed by atoms with Crippen LogP contribution in [0.25, 0.3) is 0 Å². The normalized spacial score (nSPS) is 14.6. The van der Waals surface area contributed by atoms with Gasteiger partial charge in [0, 0.05) is 19.3 Å². The Kier molecular flexibility index (Phi) is 67.7. The summed E-state index contributed by atoms with van der Waals surface area (Å²) < 4.78 is 60.8. The van der Waals surface area contributed by atoms with Crippen LogP contribution in [-0.4, -0.2) is 95.9 Å². The van der Waals surface area contributed by atoms with Gasteiger partial charge >= 0.3 is 33.6 Å². The lowest BCUT2D eigenvalue weighted by molar-refractivity contribution is -0.161. The van der Waals surface area contributed by atoms with E-state index in [1.165, 1.54) is 116 Å². The van der Waals surface area contributed by atoms with E-state index in [1.807, 2.05) is 0 Å². The van der Waals surface area contributed by atoms with Crippen LogP contribution in [-0.2, 0) is 55.8 Å². The molecule has 550 valence electrons. The number of phosphoric acid groups is 2. The number of phosphoric ester groups is 2. The molecule has 0 aromatic rings. The van der Waals surface area contributed by atoms with E-state index in [2.05, 4.69) is 118 Å². The SMILES string of the molecule is CC/C=C\C/C=C\C/C=C\C/C=C\C/C=C\CCCCCCCCCCCCCCCCCCCCCC(=O)OCC(O)COP(=O)(O)OCC(O)COP(=O)(O)OCC(COC(=O)CCCCCCC/C=C\C/C=C\CCC)OC(=O)CCCCCCC/C=C\CCCC. The van der Waals surface area contributed by atoms with Crippen molar-refractivity contribution in [3.63, 3.8) is 0 Å². The summed E-state index contributed by atoms with van der Waals surface area (Å²) in [6.45, 7) is 2.44. The molecule has 0 rings (SSSR count). The summed E-state index contributed by atoms with van der Waals surface area (Å²) in [4.78, 5) is 58.3. The zero-order valence-corrected chi connectivity index (χ0v) is 61.6. The van der Waals surface area contributed by atoms with Gasteiger partial charge in [0.25, 0.3) is 0 Å². The molecule has 0 saturated carbocycles. The highest BCUT2D eigenvalue weighted by Crippen LogP contribution is 2.45. The molecule has 0 heterocycles. The summed E-state index contributed by atoms with van der Waals surface area (Å²) in [6.07, 6.45) is 79.4. The monoisotopic (exact) mass is 1380 g/mol. The smallest absolute Gasteiger partial charge is 0.463 e. The first kappa shape index (κ1) is 91.5. The van der Waals surface area contributed by atoms with Gasteiger partial charge in [-0.15, -0.1) is 0 Å². The second-order valence-electron chi connectivity index (χ2n) is 25.1. The molecule has 0 aliphatic rings. The molecule has 5 unspecified atom stereocenters. The molecule has 0 fully saturated rings. The number of allylic oxidation sites excluding steroid dienone is 16. The summed E-state index contributed by atoms with van der Waals surface area (Å²) >= 11 is 0. The number of hydrogen-bond donors (Lipinski definition) is 4. The van der Waals surface area contributed by atoms with Gasteiger partial charge in [0.2, 0.25) is 0 Å². The van der Waals surface area contributed by atoms with Crippen molar-refractivity contribution in [2.24, 2.45) is 0 Å². The van der Waals surface area contributed by atoms with Crippen molar-refractivity contribution in [2.45, 2.75) is 334 Å². The Balaban J connectivity index is 4.25.